The van der Waals surface area contributed by atoms with Gasteiger partial charge in [-0.25, -0.2) is 4.68 Å². The van der Waals surface area contributed by atoms with Gasteiger partial charge in [0, 0.05) is 37.7 Å². The van der Waals surface area contributed by atoms with Crippen LogP contribution in [-0.4, -0.2) is 53.3 Å². The zero-order valence-corrected chi connectivity index (χ0v) is 22.8. The Labute approximate surface area is 215 Å². The summed E-state index contributed by atoms with van der Waals surface area (Å²) >= 11 is 6.44. The number of benzene rings is 1. The summed E-state index contributed by atoms with van der Waals surface area (Å²) in [7, 11) is 1.64. The van der Waals surface area contributed by atoms with Crippen molar-refractivity contribution in [3.63, 3.8) is 0 Å². The van der Waals surface area contributed by atoms with Crippen molar-refractivity contribution in [1.82, 2.24) is 14.7 Å². The second-order valence-electron chi connectivity index (χ2n) is 9.93. The number of para-hydroxylation sites is 1. The highest BCUT2D eigenvalue weighted by Crippen LogP contribution is 2.29. The first-order valence-electron chi connectivity index (χ1n) is 12.5. The van der Waals surface area contributed by atoms with E-state index in [4.69, 9.17) is 21.4 Å². The smallest absolute Gasteiger partial charge is 0.245 e. The van der Waals surface area contributed by atoms with E-state index < -0.39 is 0 Å². The van der Waals surface area contributed by atoms with Gasteiger partial charge in [0.05, 0.1) is 22.9 Å². The number of nitrogens with one attached hydrogen (secondary N) is 1. The summed E-state index contributed by atoms with van der Waals surface area (Å²) in [4.78, 5) is 28.2. The van der Waals surface area contributed by atoms with Crippen molar-refractivity contribution in [2.75, 3.05) is 32.1 Å². The van der Waals surface area contributed by atoms with Crippen molar-refractivity contribution in [3.8, 4) is 5.69 Å². The molecule has 0 radical (unpaired) electrons. The van der Waals surface area contributed by atoms with Gasteiger partial charge in [0.2, 0.25) is 11.8 Å². The molecule has 1 atom stereocenters. The summed E-state index contributed by atoms with van der Waals surface area (Å²) < 4.78 is 6.83. The number of ether oxygens (including phenoxy) is 1. The molecule has 1 aromatic carbocycles. The zero-order valence-electron chi connectivity index (χ0n) is 22.1. The molecule has 0 fully saturated rings. The average Bonchev–Trinajstić information content (AvgIpc) is 3.23. The lowest BCUT2D eigenvalue weighted by atomic mass is 9.92. The average molecular weight is 505 g/mol. The first kappa shape index (κ1) is 28.9. The monoisotopic (exact) mass is 504 g/mol. The summed E-state index contributed by atoms with van der Waals surface area (Å²) in [5.74, 6) is 0.207. The van der Waals surface area contributed by atoms with Gasteiger partial charge < -0.3 is 15.0 Å². The lowest BCUT2D eigenvalue weighted by molar-refractivity contribution is -0.139. The highest BCUT2D eigenvalue weighted by atomic mass is 35.5. The van der Waals surface area contributed by atoms with Gasteiger partial charge in [-0.2, -0.15) is 5.10 Å². The molecule has 7 nitrogen and oxygen atoms in total. The number of anilines is 1. The number of aromatic nitrogens is 2. The number of nitrogens with zero attached hydrogens (tertiary/aromatic N) is 3. The van der Waals surface area contributed by atoms with Crippen molar-refractivity contribution >= 4 is 29.2 Å². The molecule has 0 saturated carbocycles. The van der Waals surface area contributed by atoms with Crippen molar-refractivity contribution in [3.05, 3.63) is 41.0 Å². The van der Waals surface area contributed by atoms with Crippen molar-refractivity contribution in [2.45, 2.75) is 72.1 Å². The lowest BCUT2D eigenvalue weighted by Crippen LogP contribution is -2.42. The predicted molar refractivity (Wildman–Crippen MR) is 142 cm³/mol. The Morgan fingerprint density at radius 2 is 1.91 bits per heavy atom. The molecule has 8 heteroatoms. The lowest BCUT2D eigenvalue weighted by Gasteiger charge is -2.26. The fourth-order valence-electron chi connectivity index (χ4n) is 3.88. The summed E-state index contributed by atoms with van der Waals surface area (Å²) in [6.07, 6.45) is 4.30. The Bertz CT molecular complexity index is 968. The van der Waals surface area contributed by atoms with Gasteiger partial charge in [0.25, 0.3) is 0 Å². The van der Waals surface area contributed by atoms with Crippen LogP contribution in [0.3, 0.4) is 0 Å². The number of carbonyl (C=O) groups excluding carboxylic acids is 2. The predicted octanol–water partition coefficient (Wildman–Crippen LogP) is 5.84. The summed E-state index contributed by atoms with van der Waals surface area (Å²) in [6.45, 7) is 11.3. The minimum absolute atomic E-state index is 0.0241. The van der Waals surface area contributed by atoms with Crippen LogP contribution in [0.4, 0.5) is 5.82 Å². The van der Waals surface area contributed by atoms with Crippen molar-refractivity contribution < 1.29 is 14.3 Å². The Morgan fingerprint density at radius 3 is 2.51 bits per heavy atom. The van der Waals surface area contributed by atoms with Crippen molar-refractivity contribution in [1.29, 1.82) is 0 Å². The van der Waals surface area contributed by atoms with Gasteiger partial charge in [-0.3, -0.25) is 9.59 Å². The number of halogens is 1. The maximum absolute atomic E-state index is 13.3. The Hall–Kier alpha value is -2.38. The summed E-state index contributed by atoms with van der Waals surface area (Å²) in [6, 6.07) is 9.25. The normalized spacial score (nSPS) is 12.4. The SMILES string of the molecule is CCCCC(CC)C(=O)N(CCCOC)CC(=O)Nc1cc(C(C)(C)C)nn1-c1ccccc1Cl. The van der Waals surface area contributed by atoms with E-state index in [1.165, 1.54) is 0 Å². The minimum atomic E-state index is -0.269. The number of hydrogen-bond acceptors (Lipinski definition) is 4. The minimum Gasteiger partial charge on any atom is -0.385 e. The topological polar surface area (TPSA) is 76.5 Å². The molecule has 1 N–H and O–H groups in total. The molecule has 1 unspecified atom stereocenters. The van der Waals surface area contributed by atoms with E-state index >= 15 is 0 Å². The Balaban J connectivity index is 2.28. The zero-order chi connectivity index (χ0) is 26.0. The standard InChI is InChI=1S/C27H41ClN4O3/c1-7-9-13-20(8-2)26(34)31(16-12-17-35-6)19-25(33)29-24-18-23(27(3,4)5)30-32(24)22-15-11-10-14-21(22)28/h10-11,14-15,18,20H,7-9,12-13,16-17,19H2,1-6H3,(H,29,33). The largest absolute Gasteiger partial charge is 0.385 e. The number of rotatable bonds is 13. The van der Waals surface area contributed by atoms with Gasteiger partial charge in [-0.1, -0.05) is 71.2 Å². The third-order valence-corrected chi connectivity index (χ3v) is 6.32. The number of hydrogen-bond donors (Lipinski definition) is 1. The Kier molecular flexibility index (Phi) is 11.2. The van der Waals surface area contributed by atoms with Crippen LogP contribution < -0.4 is 5.32 Å². The summed E-state index contributed by atoms with van der Waals surface area (Å²) in [5.41, 5.74) is 1.28. The molecule has 35 heavy (non-hydrogen) atoms. The van der Waals surface area contributed by atoms with Crippen LogP contribution in [0.2, 0.25) is 5.02 Å². The van der Waals surface area contributed by atoms with Gasteiger partial charge in [-0.15, -0.1) is 0 Å². The third-order valence-electron chi connectivity index (χ3n) is 6.00. The van der Waals surface area contributed by atoms with E-state index in [-0.39, 0.29) is 29.7 Å². The molecule has 2 rings (SSSR count). The van der Waals surface area contributed by atoms with Gasteiger partial charge >= 0.3 is 0 Å². The Morgan fingerprint density at radius 1 is 1.20 bits per heavy atom. The number of unbranched alkanes of at least 4 members (excludes halogenated alkanes) is 1. The molecule has 2 amide bonds. The van der Waals surface area contributed by atoms with E-state index in [0.717, 1.165) is 31.4 Å². The first-order chi connectivity index (χ1) is 16.6. The van der Waals surface area contributed by atoms with Gasteiger partial charge in [-0.05, 0) is 31.4 Å². The number of methoxy groups -OCH3 is 1. The van der Waals surface area contributed by atoms with Crippen LogP contribution in [0, 0.1) is 5.92 Å². The van der Waals surface area contributed by atoms with Gasteiger partial charge in [0.1, 0.15) is 5.82 Å². The highest BCUT2D eigenvalue weighted by Gasteiger charge is 2.26. The summed E-state index contributed by atoms with van der Waals surface area (Å²) in [5, 5.41) is 8.25. The second-order valence-corrected chi connectivity index (χ2v) is 10.3. The fraction of sp³-hybridized carbons (Fsp3) is 0.593. The number of amides is 2. The molecule has 0 aliphatic carbocycles. The first-order valence-corrected chi connectivity index (χ1v) is 12.9. The molecule has 0 aliphatic heterocycles. The highest BCUT2D eigenvalue weighted by molar-refractivity contribution is 6.32. The second kappa shape index (κ2) is 13.6. The molecule has 0 spiro atoms. The van der Waals surface area contributed by atoms with Crippen molar-refractivity contribution in [2.24, 2.45) is 5.92 Å². The van der Waals surface area contributed by atoms with Crippen LogP contribution >= 0.6 is 11.6 Å². The van der Waals surface area contributed by atoms with E-state index in [2.05, 4.69) is 33.0 Å². The molecular weight excluding hydrogens is 464 g/mol. The van der Waals surface area contributed by atoms with E-state index in [1.807, 2.05) is 31.2 Å². The molecule has 1 heterocycles. The molecule has 194 valence electrons. The van der Waals surface area contributed by atoms with E-state index in [9.17, 15) is 9.59 Å². The molecule has 0 aliphatic rings. The van der Waals surface area contributed by atoms with Crippen LogP contribution in [0.25, 0.3) is 5.69 Å². The quantitative estimate of drug-likeness (QED) is 0.347. The van der Waals surface area contributed by atoms with Gasteiger partial charge in [0.15, 0.2) is 0 Å². The van der Waals surface area contributed by atoms with Crippen LogP contribution in [-0.2, 0) is 19.7 Å². The fourth-order valence-corrected chi connectivity index (χ4v) is 4.09. The maximum atomic E-state index is 13.3. The van der Waals surface area contributed by atoms with Crippen LogP contribution in [0.1, 0.15) is 72.4 Å². The third kappa shape index (κ3) is 8.36. The molecule has 1 aromatic heterocycles. The molecule has 0 bridgehead atoms. The van der Waals surface area contributed by atoms with Crippen LogP contribution in [0.5, 0.6) is 0 Å². The van der Waals surface area contributed by atoms with E-state index in [0.29, 0.717) is 36.1 Å². The molecule has 0 saturated heterocycles. The molecule has 2 aromatic rings. The maximum Gasteiger partial charge on any atom is 0.245 e. The number of carbonyl (C=O) groups is 2. The van der Waals surface area contributed by atoms with E-state index in [1.54, 1.807) is 22.8 Å². The van der Waals surface area contributed by atoms with Crippen LogP contribution in [0.15, 0.2) is 30.3 Å². The molecular formula is C27H41ClN4O3.